The first-order valence-corrected chi connectivity index (χ1v) is 9.17. The lowest BCUT2D eigenvalue weighted by Gasteiger charge is -2.29. The first-order chi connectivity index (χ1) is 12.1. The molecule has 1 N–H and O–H groups in total. The lowest BCUT2D eigenvalue weighted by atomic mass is 10.1. The number of nitrogens with one attached hydrogen (secondary N) is 1. The molecule has 1 saturated heterocycles. The Morgan fingerprint density at radius 3 is 2.80 bits per heavy atom. The normalized spacial score (nSPS) is 19.1. The van der Waals surface area contributed by atoms with Crippen LogP contribution in [0.25, 0.3) is 0 Å². The van der Waals surface area contributed by atoms with E-state index in [-0.39, 0.29) is 5.91 Å². The van der Waals surface area contributed by atoms with Gasteiger partial charge in [0.15, 0.2) is 0 Å². The van der Waals surface area contributed by atoms with Gasteiger partial charge in [0.05, 0.1) is 12.1 Å². The van der Waals surface area contributed by atoms with Gasteiger partial charge in [0.1, 0.15) is 0 Å². The summed E-state index contributed by atoms with van der Waals surface area (Å²) >= 11 is 0. The Balaban J connectivity index is 1.61. The van der Waals surface area contributed by atoms with Crippen LogP contribution in [0.4, 0.5) is 0 Å². The van der Waals surface area contributed by atoms with Crippen LogP contribution in [0, 0.1) is 6.92 Å². The number of aryl methyl sites for hydroxylation is 1. The van der Waals surface area contributed by atoms with Gasteiger partial charge >= 0.3 is 0 Å². The molecule has 0 aliphatic carbocycles. The van der Waals surface area contributed by atoms with Crippen molar-refractivity contribution in [1.82, 2.24) is 20.0 Å². The minimum atomic E-state index is 0.174. The van der Waals surface area contributed by atoms with E-state index in [1.54, 1.807) is 0 Å². The molecule has 2 atom stereocenters. The third-order valence-corrected chi connectivity index (χ3v) is 5.22. The number of aromatic amines is 1. The molecule has 1 aliphatic rings. The fraction of sp³-hybridized carbons (Fsp3) is 0.500. The summed E-state index contributed by atoms with van der Waals surface area (Å²) in [5, 5.41) is 7.11. The van der Waals surface area contributed by atoms with Crippen LogP contribution in [0.15, 0.2) is 36.4 Å². The summed E-state index contributed by atoms with van der Waals surface area (Å²) in [6.07, 6.45) is 1.42. The number of likely N-dealkylation sites (N-methyl/N-ethyl adjacent to an activating group) is 1. The van der Waals surface area contributed by atoms with Gasteiger partial charge in [-0.15, -0.1) is 0 Å². The molecule has 5 heteroatoms. The number of carbonyl (C=O) groups excluding carboxylic acids is 1. The Kier molecular flexibility index (Phi) is 5.53. The Morgan fingerprint density at radius 1 is 1.40 bits per heavy atom. The van der Waals surface area contributed by atoms with Crippen molar-refractivity contribution < 1.29 is 4.79 Å². The highest BCUT2D eigenvalue weighted by atomic mass is 16.2. The van der Waals surface area contributed by atoms with E-state index in [9.17, 15) is 4.79 Å². The van der Waals surface area contributed by atoms with Crippen LogP contribution in [0.5, 0.6) is 0 Å². The molecule has 5 nitrogen and oxygen atoms in total. The number of aromatic nitrogens is 2. The van der Waals surface area contributed by atoms with Crippen LogP contribution in [0.1, 0.15) is 43.3 Å². The van der Waals surface area contributed by atoms with Crippen molar-refractivity contribution in [3.05, 3.63) is 53.3 Å². The van der Waals surface area contributed by atoms with Gasteiger partial charge in [-0.25, -0.2) is 0 Å². The standard InChI is InChI=1S/C20H28N4O/c1-4-24(20(25)13-18-12-15(2)21-22-18)19-10-11-23(14-19)16(3)17-8-6-5-7-9-17/h5-9,12,16,19H,4,10-11,13-14H2,1-3H3,(H,21,22)/t16-,19-/m1/s1. The van der Waals surface area contributed by atoms with E-state index in [0.717, 1.165) is 37.4 Å². The van der Waals surface area contributed by atoms with E-state index in [2.05, 4.69) is 59.3 Å². The second-order valence-corrected chi connectivity index (χ2v) is 6.92. The third kappa shape index (κ3) is 4.10. The van der Waals surface area contributed by atoms with Crippen molar-refractivity contribution in [2.75, 3.05) is 19.6 Å². The van der Waals surface area contributed by atoms with Crippen molar-refractivity contribution in [3.8, 4) is 0 Å². The molecule has 2 aromatic rings. The van der Waals surface area contributed by atoms with Crippen LogP contribution in [0.2, 0.25) is 0 Å². The van der Waals surface area contributed by atoms with Crippen LogP contribution >= 0.6 is 0 Å². The average molecular weight is 340 g/mol. The van der Waals surface area contributed by atoms with Gasteiger partial charge in [-0.3, -0.25) is 14.8 Å². The molecule has 1 amide bonds. The van der Waals surface area contributed by atoms with Crippen molar-refractivity contribution in [2.45, 2.75) is 45.7 Å². The van der Waals surface area contributed by atoms with Gasteiger partial charge in [0.2, 0.25) is 5.91 Å². The molecule has 25 heavy (non-hydrogen) atoms. The molecule has 1 fully saturated rings. The molecule has 2 heterocycles. The average Bonchev–Trinajstić information content (AvgIpc) is 3.25. The van der Waals surface area contributed by atoms with E-state index in [0.29, 0.717) is 18.5 Å². The molecule has 0 radical (unpaired) electrons. The Hall–Kier alpha value is -2.14. The van der Waals surface area contributed by atoms with E-state index < -0.39 is 0 Å². The molecular formula is C20H28N4O. The molecule has 1 aromatic heterocycles. The monoisotopic (exact) mass is 340 g/mol. The minimum absolute atomic E-state index is 0.174. The number of likely N-dealkylation sites (tertiary alicyclic amines) is 1. The first-order valence-electron chi connectivity index (χ1n) is 9.17. The number of amides is 1. The molecule has 3 rings (SSSR count). The fourth-order valence-corrected chi connectivity index (χ4v) is 3.78. The molecule has 0 unspecified atom stereocenters. The largest absolute Gasteiger partial charge is 0.338 e. The maximum atomic E-state index is 12.7. The second-order valence-electron chi connectivity index (χ2n) is 6.92. The summed E-state index contributed by atoms with van der Waals surface area (Å²) < 4.78 is 0. The fourth-order valence-electron chi connectivity index (χ4n) is 3.78. The van der Waals surface area contributed by atoms with Gasteiger partial charge < -0.3 is 4.90 Å². The Morgan fingerprint density at radius 2 is 2.16 bits per heavy atom. The summed E-state index contributed by atoms with van der Waals surface area (Å²) in [6.45, 7) is 9.00. The van der Waals surface area contributed by atoms with Gasteiger partial charge in [0, 0.05) is 37.4 Å². The Labute approximate surface area is 150 Å². The van der Waals surface area contributed by atoms with Crippen LogP contribution in [-0.4, -0.2) is 51.6 Å². The predicted octanol–water partition coefficient (Wildman–Crippen LogP) is 2.94. The van der Waals surface area contributed by atoms with E-state index in [1.165, 1.54) is 5.56 Å². The smallest absolute Gasteiger partial charge is 0.228 e. The van der Waals surface area contributed by atoms with Crippen molar-refractivity contribution >= 4 is 5.91 Å². The zero-order chi connectivity index (χ0) is 17.8. The number of rotatable bonds is 6. The van der Waals surface area contributed by atoms with E-state index in [4.69, 9.17) is 0 Å². The maximum absolute atomic E-state index is 12.7. The molecule has 1 aliphatic heterocycles. The molecule has 1 aromatic carbocycles. The van der Waals surface area contributed by atoms with Crippen LogP contribution in [0.3, 0.4) is 0 Å². The second kappa shape index (κ2) is 7.83. The number of H-pyrrole nitrogens is 1. The first kappa shape index (κ1) is 17.7. The number of benzene rings is 1. The molecule has 134 valence electrons. The van der Waals surface area contributed by atoms with Gasteiger partial charge in [0.25, 0.3) is 0 Å². The Bertz CT molecular complexity index is 697. The molecule has 0 spiro atoms. The third-order valence-electron chi connectivity index (χ3n) is 5.22. The van der Waals surface area contributed by atoms with Crippen molar-refractivity contribution in [2.24, 2.45) is 0 Å². The summed E-state index contributed by atoms with van der Waals surface area (Å²) in [5.74, 6) is 0.174. The van der Waals surface area contributed by atoms with Gasteiger partial charge in [-0.2, -0.15) is 5.10 Å². The van der Waals surface area contributed by atoms with Gasteiger partial charge in [-0.1, -0.05) is 30.3 Å². The zero-order valence-corrected chi connectivity index (χ0v) is 15.4. The highest BCUT2D eigenvalue weighted by Crippen LogP contribution is 2.26. The minimum Gasteiger partial charge on any atom is -0.338 e. The zero-order valence-electron chi connectivity index (χ0n) is 15.4. The highest BCUT2D eigenvalue weighted by Gasteiger charge is 2.32. The van der Waals surface area contributed by atoms with E-state index in [1.807, 2.05) is 17.9 Å². The van der Waals surface area contributed by atoms with Gasteiger partial charge in [-0.05, 0) is 38.8 Å². The summed E-state index contributed by atoms with van der Waals surface area (Å²) in [5.41, 5.74) is 3.16. The van der Waals surface area contributed by atoms with E-state index >= 15 is 0 Å². The lowest BCUT2D eigenvalue weighted by Crippen LogP contribution is -2.42. The number of nitrogens with zero attached hydrogens (tertiary/aromatic N) is 3. The number of carbonyl (C=O) groups is 1. The number of hydrogen-bond donors (Lipinski definition) is 1. The highest BCUT2D eigenvalue weighted by molar-refractivity contribution is 5.78. The quantitative estimate of drug-likeness (QED) is 0.880. The van der Waals surface area contributed by atoms with Crippen LogP contribution in [-0.2, 0) is 11.2 Å². The maximum Gasteiger partial charge on any atom is 0.228 e. The SMILES string of the molecule is CCN(C(=O)Cc1cc(C)[nH]n1)[C@@H]1CCN([C@H](C)c2ccccc2)C1. The molecule has 0 bridgehead atoms. The lowest BCUT2D eigenvalue weighted by molar-refractivity contribution is -0.132. The summed E-state index contributed by atoms with van der Waals surface area (Å²) in [4.78, 5) is 17.3. The molecular weight excluding hydrogens is 312 g/mol. The molecule has 0 saturated carbocycles. The van der Waals surface area contributed by atoms with Crippen LogP contribution < -0.4 is 0 Å². The van der Waals surface area contributed by atoms with Crippen molar-refractivity contribution in [3.63, 3.8) is 0 Å². The number of hydrogen-bond acceptors (Lipinski definition) is 3. The summed E-state index contributed by atoms with van der Waals surface area (Å²) in [7, 11) is 0. The van der Waals surface area contributed by atoms with Crippen molar-refractivity contribution in [1.29, 1.82) is 0 Å². The summed E-state index contributed by atoms with van der Waals surface area (Å²) in [6, 6.07) is 13.2. The predicted molar refractivity (Wildman–Crippen MR) is 99.3 cm³/mol. The topological polar surface area (TPSA) is 52.2 Å².